The molecule has 1 aromatic heterocycles. The number of hydrogen-bond donors (Lipinski definition) is 1. The highest BCUT2D eigenvalue weighted by atomic mass is 32.1. The second-order valence-electron chi connectivity index (χ2n) is 5.78. The molecule has 1 amide bonds. The number of aromatic nitrogens is 1. The first kappa shape index (κ1) is 15.2. The van der Waals surface area contributed by atoms with E-state index < -0.39 is 0 Å². The Hall–Kier alpha value is -1.66. The predicted octanol–water partition coefficient (Wildman–Crippen LogP) is 1.86. The second kappa shape index (κ2) is 6.62. The SMILES string of the molecule is CC(=O)NCCN1CCN(c2nc3ccc(C)cc3s2)CC1. The highest BCUT2D eigenvalue weighted by Crippen LogP contribution is 2.29. The number of thiazole rings is 1. The van der Waals surface area contributed by atoms with Crippen LogP contribution in [-0.4, -0.2) is 55.1 Å². The Kier molecular flexibility index (Phi) is 4.59. The molecule has 3 rings (SSSR count). The number of piperazine rings is 1. The van der Waals surface area contributed by atoms with Gasteiger partial charge in [-0.1, -0.05) is 17.4 Å². The summed E-state index contributed by atoms with van der Waals surface area (Å²) in [7, 11) is 0. The summed E-state index contributed by atoms with van der Waals surface area (Å²) < 4.78 is 1.27. The van der Waals surface area contributed by atoms with Gasteiger partial charge in [-0.3, -0.25) is 9.69 Å². The zero-order chi connectivity index (χ0) is 15.5. The molecule has 1 aliphatic rings. The van der Waals surface area contributed by atoms with E-state index in [1.807, 2.05) is 0 Å². The molecule has 1 aromatic carbocycles. The lowest BCUT2D eigenvalue weighted by Crippen LogP contribution is -2.48. The van der Waals surface area contributed by atoms with Crippen molar-refractivity contribution in [1.29, 1.82) is 0 Å². The van der Waals surface area contributed by atoms with E-state index in [2.05, 4.69) is 40.2 Å². The van der Waals surface area contributed by atoms with Gasteiger partial charge in [-0.25, -0.2) is 4.98 Å². The van der Waals surface area contributed by atoms with Crippen LogP contribution < -0.4 is 10.2 Å². The average Bonchev–Trinajstić information content (AvgIpc) is 2.90. The molecule has 0 atom stereocenters. The van der Waals surface area contributed by atoms with Crippen LogP contribution in [0.5, 0.6) is 0 Å². The molecule has 0 bridgehead atoms. The van der Waals surface area contributed by atoms with Gasteiger partial charge in [0.2, 0.25) is 5.91 Å². The van der Waals surface area contributed by atoms with E-state index >= 15 is 0 Å². The third-order valence-electron chi connectivity index (χ3n) is 3.98. The smallest absolute Gasteiger partial charge is 0.216 e. The molecule has 22 heavy (non-hydrogen) atoms. The number of benzene rings is 1. The lowest BCUT2D eigenvalue weighted by atomic mass is 10.2. The van der Waals surface area contributed by atoms with E-state index in [0.717, 1.165) is 49.9 Å². The zero-order valence-corrected chi connectivity index (χ0v) is 13.9. The van der Waals surface area contributed by atoms with Gasteiger partial charge < -0.3 is 10.2 Å². The molecular weight excluding hydrogens is 296 g/mol. The molecule has 1 saturated heterocycles. The van der Waals surface area contributed by atoms with Crippen molar-refractivity contribution in [3.8, 4) is 0 Å². The van der Waals surface area contributed by atoms with Crippen molar-refractivity contribution in [2.75, 3.05) is 44.2 Å². The Morgan fingerprint density at radius 2 is 2.09 bits per heavy atom. The fourth-order valence-corrected chi connectivity index (χ4v) is 3.82. The van der Waals surface area contributed by atoms with E-state index in [1.165, 1.54) is 10.3 Å². The van der Waals surface area contributed by atoms with Crippen LogP contribution in [0.4, 0.5) is 5.13 Å². The van der Waals surface area contributed by atoms with Crippen molar-refractivity contribution in [3.63, 3.8) is 0 Å². The highest BCUT2D eigenvalue weighted by Gasteiger charge is 2.19. The number of rotatable bonds is 4. The number of carbonyl (C=O) groups is 1. The fraction of sp³-hybridized carbons (Fsp3) is 0.500. The van der Waals surface area contributed by atoms with Crippen LogP contribution in [-0.2, 0) is 4.79 Å². The van der Waals surface area contributed by atoms with Gasteiger partial charge in [0.1, 0.15) is 0 Å². The normalized spacial score (nSPS) is 16.2. The molecule has 1 aliphatic heterocycles. The van der Waals surface area contributed by atoms with Gasteiger partial charge in [0.25, 0.3) is 0 Å². The summed E-state index contributed by atoms with van der Waals surface area (Å²) in [6, 6.07) is 6.43. The summed E-state index contributed by atoms with van der Waals surface area (Å²) in [5.74, 6) is 0.0448. The fourth-order valence-electron chi connectivity index (χ4n) is 2.71. The van der Waals surface area contributed by atoms with Crippen LogP contribution in [0.1, 0.15) is 12.5 Å². The lowest BCUT2D eigenvalue weighted by molar-refractivity contribution is -0.119. The Bertz CT molecular complexity index is 661. The lowest BCUT2D eigenvalue weighted by Gasteiger charge is -2.34. The molecule has 0 aliphatic carbocycles. The Morgan fingerprint density at radius 3 is 2.82 bits per heavy atom. The minimum Gasteiger partial charge on any atom is -0.355 e. The number of fused-ring (bicyclic) bond motifs is 1. The van der Waals surface area contributed by atoms with E-state index in [4.69, 9.17) is 4.98 Å². The molecule has 118 valence electrons. The van der Waals surface area contributed by atoms with Gasteiger partial charge in [-0.15, -0.1) is 0 Å². The maximum atomic E-state index is 10.9. The summed E-state index contributed by atoms with van der Waals surface area (Å²) in [5, 5.41) is 3.98. The van der Waals surface area contributed by atoms with Crippen molar-refractivity contribution < 1.29 is 4.79 Å². The van der Waals surface area contributed by atoms with Crippen LogP contribution in [0.3, 0.4) is 0 Å². The van der Waals surface area contributed by atoms with Crippen LogP contribution >= 0.6 is 11.3 Å². The second-order valence-corrected chi connectivity index (χ2v) is 6.79. The van der Waals surface area contributed by atoms with Gasteiger partial charge >= 0.3 is 0 Å². The summed E-state index contributed by atoms with van der Waals surface area (Å²) in [4.78, 5) is 20.4. The van der Waals surface area contributed by atoms with E-state index in [-0.39, 0.29) is 5.91 Å². The minimum atomic E-state index is 0.0448. The summed E-state index contributed by atoms with van der Waals surface area (Å²) in [6.45, 7) is 9.38. The first-order valence-corrected chi connectivity index (χ1v) is 8.52. The zero-order valence-electron chi connectivity index (χ0n) is 13.1. The van der Waals surface area contributed by atoms with Crippen molar-refractivity contribution in [3.05, 3.63) is 23.8 Å². The average molecular weight is 318 g/mol. The largest absolute Gasteiger partial charge is 0.355 e. The standard InChI is InChI=1S/C16H22N4OS/c1-12-3-4-14-15(11-12)22-16(18-14)20-9-7-19(8-10-20)6-5-17-13(2)21/h3-4,11H,5-10H2,1-2H3,(H,17,21). The summed E-state index contributed by atoms with van der Waals surface area (Å²) in [5.41, 5.74) is 2.38. The Balaban J connectivity index is 1.57. The number of carbonyl (C=O) groups excluding carboxylic acids is 1. The summed E-state index contributed by atoms with van der Waals surface area (Å²) in [6.07, 6.45) is 0. The van der Waals surface area contributed by atoms with Crippen LogP contribution in [0.25, 0.3) is 10.2 Å². The topological polar surface area (TPSA) is 48.5 Å². The minimum absolute atomic E-state index is 0.0448. The third-order valence-corrected chi connectivity index (χ3v) is 5.06. The molecule has 1 N–H and O–H groups in total. The number of amides is 1. The first-order valence-electron chi connectivity index (χ1n) is 7.71. The van der Waals surface area contributed by atoms with Crippen molar-refractivity contribution >= 4 is 32.6 Å². The van der Waals surface area contributed by atoms with Crippen LogP contribution in [0.15, 0.2) is 18.2 Å². The maximum Gasteiger partial charge on any atom is 0.216 e. The molecule has 0 radical (unpaired) electrons. The van der Waals surface area contributed by atoms with Gasteiger partial charge in [-0.05, 0) is 24.6 Å². The number of nitrogens with zero attached hydrogens (tertiary/aromatic N) is 3. The van der Waals surface area contributed by atoms with E-state index in [0.29, 0.717) is 0 Å². The quantitative estimate of drug-likeness (QED) is 0.935. The molecule has 0 saturated carbocycles. The number of hydrogen-bond acceptors (Lipinski definition) is 5. The Labute approximate surface area is 134 Å². The van der Waals surface area contributed by atoms with E-state index in [9.17, 15) is 4.79 Å². The maximum absolute atomic E-state index is 10.9. The molecule has 0 spiro atoms. The summed E-state index contributed by atoms with van der Waals surface area (Å²) >= 11 is 1.78. The molecule has 2 heterocycles. The van der Waals surface area contributed by atoms with Crippen molar-refractivity contribution in [2.24, 2.45) is 0 Å². The van der Waals surface area contributed by atoms with E-state index in [1.54, 1.807) is 18.3 Å². The molecule has 6 heteroatoms. The third kappa shape index (κ3) is 3.56. The number of aryl methyl sites for hydroxylation is 1. The predicted molar refractivity (Wildman–Crippen MR) is 91.7 cm³/mol. The van der Waals surface area contributed by atoms with Crippen LogP contribution in [0.2, 0.25) is 0 Å². The van der Waals surface area contributed by atoms with Gasteiger partial charge in [0.15, 0.2) is 5.13 Å². The Morgan fingerprint density at radius 1 is 1.32 bits per heavy atom. The highest BCUT2D eigenvalue weighted by molar-refractivity contribution is 7.22. The van der Waals surface area contributed by atoms with Crippen LogP contribution in [0, 0.1) is 6.92 Å². The molecule has 5 nitrogen and oxygen atoms in total. The van der Waals surface area contributed by atoms with Gasteiger partial charge in [0, 0.05) is 46.2 Å². The first-order chi connectivity index (χ1) is 10.6. The monoisotopic (exact) mass is 318 g/mol. The molecule has 0 unspecified atom stereocenters. The van der Waals surface area contributed by atoms with Gasteiger partial charge in [-0.2, -0.15) is 0 Å². The number of anilines is 1. The molecular formula is C16H22N4OS. The van der Waals surface area contributed by atoms with Crippen molar-refractivity contribution in [2.45, 2.75) is 13.8 Å². The molecule has 2 aromatic rings. The van der Waals surface area contributed by atoms with Crippen molar-refractivity contribution in [1.82, 2.24) is 15.2 Å². The number of nitrogens with one attached hydrogen (secondary N) is 1. The molecule has 1 fully saturated rings. The van der Waals surface area contributed by atoms with Gasteiger partial charge in [0.05, 0.1) is 10.2 Å².